The van der Waals surface area contributed by atoms with Gasteiger partial charge in [0.05, 0.1) is 15.7 Å². The number of thiazole rings is 1. The summed E-state index contributed by atoms with van der Waals surface area (Å²) in [5, 5.41) is 3.65. The first-order valence-electron chi connectivity index (χ1n) is 6.12. The average molecular weight is 302 g/mol. The van der Waals surface area contributed by atoms with Crippen molar-refractivity contribution in [2.24, 2.45) is 0 Å². The van der Waals surface area contributed by atoms with Crippen LogP contribution in [0.3, 0.4) is 0 Å². The summed E-state index contributed by atoms with van der Waals surface area (Å²) in [4.78, 5) is 8.70. The molecule has 0 radical (unpaired) electrons. The number of rotatable bonds is 3. The second-order valence-corrected chi connectivity index (χ2v) is 5.75. The molecule has 0 spiro atoms. The molecule has 0 atom stereocenters. The highest BCUT2D eigenvalue weighted by atomic mass is 35.5. The second-order valence-electron chi connectivity index (χ2n) is 4.37. The first-order chi connectivity index (χ1) is 9.72. The molecular weight excluding hydrogens is 290 g/mol. The van der Waals surface area contributed by atoms with E-state index in [9.17, 15) is 0 Å². The smallest absolute Gasteiger partial charge is 0.127 e. The maximum absolute atomic E-state index is 5.95. The molecule has 0 aliphatic heterocycles. The zero-order valence-electron chi connectivity index (χ0n) is 10.6. The summed E-state index contributed by atoms with van der Waals surface area (Å²) in [7, 11) is 0. The van der Waals surface area contributed by atoms with Crippen LogP contribution in [0.15, 0.2) is 48.0 Å². The van der Waals surface area contributed by atoms with Gasteiger partial charge in [0.1, 0.15) is 5.82 Å². The van der Waals surface area contributed by atoms with Crippen molar-refractivity contribution in [3.8, 4) is 11.3 Å². The fraction of sp³-hybridized carbons (Fsp3) is 0.0667. The molecule has 0 fully saturated rings. The lowest BCUT2D eigenvalue weighted by Crippen LogP contribution is -1.98. The number of hydrogen-bond acceptors (Lipinski definition) is 4. The van der Waals surface area contributed by atoms with Crippen LogP contribution in [0.5, 0.6) is 0 Å². The number of nitrogen functional groups attached to an aromatic ring is 1. The molecule has 0 aliphatic rings. The van der Waals surface area contributed by atoms with Gasteiger partial charge in [0.2, 0.25) is 0 Å². The first kappa shape index (κ1) is 13.1. The fourth-order valence-corrected chi connectivity index (χ4v) is 2.94. The average Bonchev–Trinajstić information content (AvgIpc) is 2.92. The van der Waals surface area contributed by atoms with Gasteiger partial charge in [0, 0.05) is 29.1 Å². The lowest BCUT2D eigenvalue weighted by atomic mass is 10.2. The minimum absolute atomic E-state index is 0.505. The lowest BCUT2D eigenvalue weighted by molar-refractivity contribution is 1.12. The van der Waals surface area contributed by atoms with Crippen molar-refractivity contribution < 1.29 is 0 Å². The van der Waals surface area contributed by atoms with E-state index in [1.54, 1.807) is 17.5 Å². The Morgan fingerprint density at radius 1 is 1.20 bits per heavy atom. The predicted octanol–water partition coefficient (Wildman–Crippen LogP) is 4.03. The number of anilines is 1. The van der Waals surface area contributed by atoms with E-state index in [-0.39, 0.29) is 0 Å². The Kier molecular flexibility index (Phi) is 3.67. The molecule has 2 N–H and O–H groups in total. The number of nitrogens with zero attached hydrogens (tertiary/aromatic N) is 2. The summed E-state index contributed by atoms with van der Waals surface area (Å²) in [6.07, 6.45) is 2.20. The fourth-order valence-electron chi connectivity index (χ4n) is 1.93. The molecular formula is C15H12ClN3S. The van der Waals surface area contributed by atoms with E-state index in [0.29, 0.717) is 17.3 Å². The van der Waals surface area contributed by atoms with Crippen molar-refractivity contribution in [1.29, 1.82) is 0 Å². The van der Waals surface area contributed by atoms with Gasteiger partial charge >= 0.3 is 0 Å². The quantitative estimate of drug-likeness (QED) is 0.794. The van der Waals surface area contributed by atoms with Crippen LogP contribution in [0.2, 0.25) is 5.02 Å². The largest absolute Gasteiger partial charge is 0.383 e. The van der Waals surface area contributed by atoms with Gasteiger partial charge in [-0.1, -0.05) is 41.9 Å². The minimum Gasteiger partial charge on any atom is -0.383 e. The molecule has 0 saturated carbocycles. The highest BCUT2D eigenvalue weighted by molar-refractivity contribution is 7.10. The number of aromatic nitrogens is 2. The SMILES string of the molecule is Nc1ncc(Cl)cc1Cc1nc(-c2ccccc2)cs1. The van der Waals surface area contributed by atoms with E-state index < -0.39 is 0 Å². The normalized spacial score (nSPS) is 10.7. The van der Waals surface area contributed by atoms with Crippen molar-refractivity contribution in [2.75, 3.05) is 5.73 Å². The lowest BCUT2D eigenvalue weighted by Gasteiger charge is -2.02. The van der Waals surface area contributed by atoms with Crippen LogP contribution in [0.1, 0.15) is 10.6 Å². The van der Waals surface area contributed by atoms with Gasteiger partial charge in [-0.2, -0.15) is 0 Å². The van der Waals surface area contributed by atoms with Crippen molar-refractivity contribution >= 4 is 28.8 Å². The third-order valence-corrected chi connectivity index (χ3v) is 3.99. The van der Waals surface area contributed by atoms with Crippen molar-refractivity contribution in [3.05, 3.63) is 63.6 Å². The van der Waals surface area contributed by atoms with Crippen LogP contribution >= 0.6 is 22.9 Å². The van der Waals surface area contributed by atoms with E-state index in [2.05, 4.69) is 15.3 Å². The molecule has 2 aromatic heterocycles. The van der Waals surface area contributed by atoms with Crippen LogP contribution < -0.4 is 5.73 Å². The molecule has 20 heavy (non-hydrogen) atoms. The topological polar surface area (TPSA) is 51.8 Å². The Hall–Kier alpha value is -1.91. The van der Waals surface area contributed by atoms with Crippen LogP contribution in [0.25, 0.3) is 11.3 Å². The van der Waals surface area contributed by atoms with Crippen LogP contribution in [0, 0.1) is 0 Å². The molecule has 5 heteroatoms. The molecule has 0 unspecified atom stereocenters. The molecule has 0 bridgehead atoms. The minimum atomic E-state index is 0.505. The Morgan fingerprint density at radius 2 is 2.00 bits per heavy atom. The first-order valence-corrected chi connectivity index (χ1v) is 7.38. The maximum atomic E-state index is 5.95. The van der Waals surface area contributed by atoms with Gasteiger partial charge in [-0.05, 0) is 6.07 Å². The number of hydrogen-bond donors (Lipinski definition) is 1. The zero-order chi connectivity index (χ0) is 13.9. The van der Waals surface area contributed by atoms with E-state index >= 15 is 0 Å². The number of nitrogens with two attached hydrogens (primary N) is 1. The summed E-state index contributed by atoms with van der Waals surface area (Å²) in [6.45, 7) is 0. The summed E-state index contributed by atoms with van der Waals surface area (Å²) < 4.78 is 0. The number of benzene rings is 1. The Labute approximate surface area is 126 Å². The zero-order valence-corrected chi connectivity index (χ0v) is 12.2. The summed E-state index contributed by atoms with van der Waals surface area (Å²) >= 11 is 7.57. The number of pyridine rings is 1. The van der Waals surface area contributed by atoms with Crippen LogP contribution in [-0.2, 0) is 6.42 Å². The van der Waals surface area contributed by atoms with Gasteiger partial charge in [-0.3, -0.25) is 0 Å². The Bertz CT molecular complexity index is 725. The van der Waals surface area contributed by atoms with Crippen LogP contribution in [-0.4, -0.2) is 9.97 Å². The van der Waals surface area contributed by atoms with E-state index in [1.807, 2.05) is 36.4 Å². The molecule has 3 aromatic rings. The summed E-state index contributed by atoms with van der Waals surface area (Å²) in [5.41, 5.74) is 8.87. The third-order valence-electron chi connectivity index (χ3n) is 2.93. The molecule has 2 heterocycles. The summed E-state index contributed by atoms with van der Waals surface area (Å²) in [6, 6.07) is 11.9. The molecule has 0 saturated heterocycles. The van der Waals surface area contributed by atoms with Gasteiger partial charge in [-0.15, -0.1) is 11.3 Å². The summed E-state index contributed by atoms with van der Waals surface area (Å²) in [5.74, 6) is 0.505. The van der Waals surface area contributed by atoms with E-state index in [0.717, 1.165) is 21.8 Å². The second kappa shape index (κ2) is 5.61. The monoisotopic (exact) mass is 301 g/mol. The third kappa shape index (κ3) is 2.81. The van der Waals surface area contributed by atoms with E-state index in [1.165, 1.54) is 0 Å². The molecule has 3 nitrogen and oxygen atoms in total. The Morgan fingerprint density at radius 3 is 2.80 bits per heavy atom. The van der Waals surface area contributed by atoms with Gasteiger partial charge in [0.15, 0.2) is 0 Å². The van der Waals surface area contributed by atoms with Gasteiger partial charge < -0.3 is 5.73 Å². The molecule has 3 rings (SSSR count). The standard InChI is InChI=1S/C15H12ClN3S/c16-12-6-11(15(17)18-8-12)7-14-19-13(9-20-14)10-4-2-1-3-5-10/h1-6,8-9H,7H2,(H2,17,18). The maximum Gasteiger partial charge on any atom is 0.127 e. The van der Waals surface area contributed by atoms with Crippen molar-refractivity contribution in [3.63, 3.8) is 0 Å². The van der Waals surface area contributed by atoms with Crippen LogP contribution in [0.4, 0.5) is 5.82 Å². The van der Waals surface area contributed by atoms with E-state index in [4.69, 9.17) is 17.3 Å². The van der Waals surface area contributed by atoms with Gasteiger partial charge in [-0.25, -0.2) is 9.97 Å². The molecule has 100 valence electrons. The predicted molar refractivity (Wildman–Crippen MR) is 84.0 cm³/mol. The highest BCUT2D eigenvalue weighted by Crippen LogP contribution is 2.25. The molecule has 0 aliphatic carbocycles. The molecule has 0 amide bonds. The van der Waals surface area contributed by atoms with Crippen molar-refractivity contribution in [1.82, 2.24) is 9.97 Å². The van der Waals surface area contributed by atoms with Gasteiger partial charge in [0.25, 0.3) is 0 Å². The highest BCUT2D eigenvalue weighted by Gasteiger charge is 2.08. The van der Waals surface area contributed by atoms with Crippen molar-refractivity contribution in [2.45, 2.75) is 6.42 Å². The molecule has 1 aromatic carbocycles. The Balaban J connectivity index is 1.86. The number of halogens is 1.